The minimum absolute atomic E-state index is 0.123. The van der Waals surface area contributed by atoms with Crippen molar-refractivity contribution in [2.75, 3.05) is 0 Å². The summed E-state index contributed by atoms with van der Waals surface area (Å²) in [5, 5.41) is 1.39. The first-order valence-electron chi connectivity index (χ1n) is 6.66. The van der Waals surface area contributed by atoms with Crippen LogP contribution in [0.2, 0.25) is 0 Å². The van der Waals surface area contributed by atoms with Crippen molar-refractivity contribution in [2.24, 2.45) is 0 Å². The second-order valence-electron chi connectivity index (χ2n) is 5.53. The number of nitrogens with one attached hydrogen (secondary N) is 1. The lowest BCUT2D eigenvalue weighted by Gasteiger charge is -2.35. The molecular weight excluding hydrogens is 252 g/mol. The Morgan fingerprint density at radius 3 is 2.35 bits per heavy atom. The van der Waals surface area contributed by atoms with Crippen LogP contribution in [-0.4, -0.2) is 22.4 Å². The van der Waals surface area contributed by atoms with Crippen LogP contribution in [0.3, 0.4) is 0 Å². The summed E-state index contributed by atoms with van der Waals surface area (Å²) >= 11 is 0. The number of benzene rings is 1. The van der Waals surface area contributed by atoms with Crippen LogP contribution in [0.4, 0.5) is 0 Å². The van der Waals surface area contributed by atoms with Crippen LogP contribution < -0.4 is 5.43 Å². The summed E-state index contributed by atoms with van der Waals surface area (Å²) in [6.45, 7) is 9.24. The van der Waals surface area contributed by atoms with E-state index in [1.807, 2.05) is 26.8 Å². The molecule has 1 aromatic rings. The zero-order valence-corrected chi connectivity index (χ0v) is 12.3. The number of nitrogens with zero attached hydrogens (tertiary/aromatic N) is 1. The van der Waals surface area contributed by atoms with Gasteiger partial charge < -0.3 is 0 Å². The van der Waals surface area contributed by atoms with Crippen molar-refractivity contribution in [1.29, 1.82) is 0 Å². The van der Waals surface area contributed by atoms with E-state index < -0.39 is 5.54 Å². The van der Waals surface area contributed by atoms with E-state index in [0.29, 0.717) is 18.4 Å². The summed E-state index contributed by atoms with van der Waals surface area (Å²) in [5.74, 6) is -0.408. The molecule has 0 radical (unpaired) electrons. The highest BCUT2D eigenvalue weighted by Gasteiger charge is 2.27. The van der Waals surface area contributed by atoms with Gasteiger partial charge in [0.1, 0.15) is 0 Å². The summed E-state index contributed by atoms with van der Waals surface area (Å²) in [4.78, 5) is 24.3. The van der Waals surface area contributed by atoms with E-state index in [4.69, 9.17) is 0 Å². The molecule has 0 fully saturated rings. The average Bonchev–Trinajstić information content (AvgIpc) is 2.41. The number of carbonyl (C=O) groups excluding carboxylic acids is 2. The fourth-order valence-electron chi connectivity index (χ4n) is 1.70. The van der Waals surface area contributed by atoms with Gasteiger partial charge in [0.25, 0.3) is 5.91 Å². The van der Waals surface area contributed by atoms with Gasteiger partial charge in [-0.25, -0.2) is 5.01 Å². The predicted octanol–water partition coefficient (Wildman–Crippen LogP) is 2.92. The Morgan fingerprint density at radius 1 is 1.25 bits per heavy atom. The molecule has 0 saturated heterocycles. The zero-order valence-electron chi connectivity index (χ0n) is 12.3. The van der Waals surface area contributed by atoms with E-state index in [-0.39, 0.29) is 11.8 Å². The van der Waals surface area contributed by atoms with Gasteiger partial charge in [0.05, 0.1) is 5.54 Å². The molecule has 20 heavy (non-hydrogen) atoms. The molecule has 0 aliphatic heterocycles. The van der Waals surface area contributed by atoms with Gasteiger partial charge in [-0.05, 0) is 39.3 Å². The maximum Gasteiger partial charge on any atom is 0.269 e. The molecule has 0 aliphatic rings. The molecule has 4 heteroatoms. The topological polar surface area (TPSA) is 49.4 Å². The lowest BCUT2D eigenvalue weighted by molar-refractivity contribution is -0.139. The van der Waals surface area contributed by atoms with Crippen molar-refractivity contribution >= 4 is 11.8 Å². The van der Waals surface area contributed by atoms with E-state index in [0.717, 1.165) is 0 Å². The van der Waals surface area contributed by atoms with Gasteiger partial charge in [-0.3, -0.25) is 15.0 Å². The molecular formula is C16H22N2O2. The van der Waals surface area contributed by atoms with E-state index in [1.165, 1.54) is 5.01 Å². The number of amides is 2. The minimum Gasteiger partial charge on any atom is -0.273 e. The van der Waals surface area contributed by atoms with Crippen LogP contribution in [0.1, 0.15) is 44.0 Å². The van der Waals surface area contributed by atoms with Gasteiger partial charge in [0.15, 0.2) is 0 Å². The molecule has 0 spiro atoms. The Kier molecular flexibility index (Phi) is 5.50. The second-order valence-corrected chi connectivity index (χ2v) is 5.53. The normalized spacial score (nSPS) is 10.8. The Balaban J connectivity index is 2.83. The van der Waals surface area contributed by atoms with Crippen molar-refractivity contribution in [2.45, 2.75) is 39.2 Å². The fourth-order valence-corrected chi connectivity index (χ4v) is 1.70. The molecule has 2 amide bonds. The van der Waals surface area contributed by atoms with Gasteiger partial charge in [-0.1, -0.05) is 24.3 Å². The van der Waals surface area contributed by atoms with Gasteiger partial charge in [-0.15, -0.1) is 6.58 Å². The Morgan fingerprint density at radius 2 is 1.85 bits per heavy atom. The molecule has 0 aliphatic carbocycles. The molecule has 0 aromatic heterocycles. The van der Waals surface area contributed by atoms with Gasteiger partial charge in [0, 0.05) is 12.0 Å². The molecule has 0 bridgehead atoms. The first-order chi connectivity index (χ1) is 9.36. The van der Waals surface area contributed by atoms with Crippen LogP contribution in [0.15, 0.2) is 43.0 Å². The second kappa shape index (κ2) is 6.89. The molecule has 0 saturated carbocycles. The number of allylic oxidation sites excluding steroid dienone is 1. The fraction of sp³-hybridized carbons (Fsp3) is 0.375. The minimum atomic E-state index is -0.483. The Labute approximate surface area is 120 Å². The molecule has 1 aromatic carbocycles. The zero-order chi connectivity index (χ0) is 15.2. The Hall–Kier alpha value is -2.10. The van der Waals surface area contributed by atoms with Crippen LogP contribution in [-0.2, 0) is 4.79 Å². The number of hydrazine groups is 1. The maximum absolute atomic E-state index is 12.2. The van der Waals surface area contributed by atoms with E-state index >= 15 is 0 Å². The molecule has 1 N–H and O–H groups in total. The van der Waals surface area contributed by atoms with E-state index in [2.05, 4.69) is 12.0 Å². The first-order valence-corrected chi connectivity index (χ1v) is 6.66. The van der Waals surface area contributed by atoms with Crippen molar-refractivity contribution in [1.82, 2.24) is 10.4 Å². The van der Waals surface area contributed by atoms with Crippen molar-refractivity contribution in [3.63, 3.8) is 0 Å². The maximum atomic E-state index is 12.2. The summed E-state index contributed by atoms with van der Waals surface area (Å²) < 4.78 is 0. The molecule has 108 valence electrons. The number of hydrogen-bond acceptors (Lipinski definition) is 2. The monoisotopic (exact) mass is 274 g/mol. The van der Waals surface area contributed by atoms with Gasteiger partial charge in [0.2, 0.25) is 5.91 Å². The lowest BCUT2D eigenvalue weighted by Crippen LogP contribution is -2.55. The highest BCUT2D eigenvalue weighted by Crippen LogP contribution is 2.13. The van der Waals surface area contributed by atoms with Crippen LogP contribution in [0, 0.1) is 0 Å². The number of rotatable bonds is 4. The summed E-state index contributed by atoms with van der Waals surface area (Å²) in [7, 11) is 0. The largest absolute Gasteiger partial charge is 0.273 e. The van der Waals surface area contributed by atoms with Gasteiger partial charge in [-0.2, -0.15) is 0 Å². The highest BCUT2D eigenvalue weighted by atomic mass is 16.2. The third-order valence-corrected chi connectivity index (χ3v) is 2.73. The summed E-state index contributed by atoms with van der Waals surface area (Å²) in [6, 6.07) is 8.84. The van der Waals surface area contributed by atoms with Crippen LogP contribution in [0.25, 0.3) is 0 Å². The standard InChI is InChI=1S/C16H22N2O2/c1-5-6-12-14(19)18(16(2,3)4)17-15(20)13-10-8-7-9-11-13/h5,7-11H,1,6,12H2,2-4H3,(H,17,20). The quantitative estimate of drug-likeness (QED) is 0.678. The molecule has 0 unspecified atom stereocenters. The SMILES string of the molecule is C=CCCC(=O)N(NC(=O)c1ccccc1)C(C)(C)C. The Bertz CT molecular complexity index is 475. The van der Waals surface area contributed by atoms with Crippen LogP contribution >= 0.6 is 0 Å². The van der Waals surface area contributed by atoms with Crippen molar-refractivity contribution in [3.05, 3.63) is 48.6 Å². The van der Waals surface area contributed by atoms with Gasteiger partial charge >= 0.3 is 0 Å². The smallest absolute Gasteiger partial charge is 0.269 e. The summed E-state index contributed by atoms with van der Waals surface area (Å²) in [6.07, 6.45) is 2.61. The van der Waals surface area contributed by atoms with E-state index in [1.54, 1.807) is 30.3 Å². The van der Waals surface area contributed by atoms with Crippen LogP contribution in [0.5, 0.6) is 0 Å². The third-order valence-electron chi connectivity index (χ3n) is 2.73. The highest BCUT2D eigenvalue weighted by molar-refractivity contribution is 5.95. The molecule has 1 rings (SSSR count). The summed E-state index contributed by atoms with van der Waals surface area (Å²) in [5.41, 5.74) is 2.74. The predicted molar refractivity (Wildman–Crippen MR) is 79.9 cm³/mol. The average molecular weight is 274 g/mol. The number of hydrogen-bond donors (Lipinski definition) is 1. The lowest BCUT2D eigenvalue weighted by atomic mass is 10.1. The number of carbonyl (C=O) groups is 2. The molecule has 0 heterocycles. The third kappa shape index (κ3) is 4.53. The van der Waals surface area contributed by atoms with Crippen molar-refractivity contribution < 1.29 is 9.59 Å². The first kappa shape index (κ1) is 16.0. The molecule has 4 nitrogen and oxygen atoms in total. The molecule has 0 atom stereocenters. The van der Waals surface area contributed by atoms with Crippen molar-refractivity contribution in [3.8, 4) is 0 Å². The van der Waals surface area contributed by atoms with E-state index in [9.17, 15) is 9.59 Å².